The van der Waals surface area contributed by atoms with Crippen LogP contribution >= 0.6 is 11.3 Å². The molecular formula is C50H42N4O10S. The summed E-state index contributed by atoms with van der Waals surface area (Å²) >= 11 is 1.26. The maximum Gasteiger partial charge on any atom is 0.324 e. The number of carbonyl (C=O) groups excluding carboxylic acids is 5. The van der Waals surface area contributed by atoms with Crippen molar-refractivity contribution in [3.05, 3.63) is 155 Å². The molecule has 2 saturated heterocycles. The number of nitrogens with one attached hydrogen (secondary N) is 2. The van der Waals surface area contributed by atoms with Gasteiger partial charge in [0.1, 0.15) is 29.9 Å². The summed E-state index contributed by atoms with van der Waals surface area (Å²) in [5, 5.41) is 15.9. The van der Waals surface area contributed by atoms with Gasteiger partial charge in [-0.2, -0.15) is 0 Å². The largest absolute Gasteiger partial charge is 0.491 e. The van der Waals surface area contributed by atoms with Gasteiger partial charge >= 0.3 is 17.9 Å². The van der Waals surface area contributed by atoms with Crippen molar-refractivity contribution >= 4 is 62.1 Å². The van der Waals surface area contributed by atoms with Gasteiger partial charge in [-0.3, -0.25) is 28.9 Å². The van der Waals surface area contributed by atoms with Gasteiger partial charge in [-0.05, 0) is 64.7 Å². The summed E-state index contributed by atoms with van der Waals surface area (Å²) < 4.78 is 22.7. The molecule has 3 N–H and O–H groups in total. The number of esters is 3. The highest BCUT2D eigenvalue weighted by Gasteiger charge is 2.74. The third-order valence-corrected chi connectivity index (χ3v) is 13.1. The standard InChI is InChI=1S/C50H42N4O10S/c1-61-45(57)34(46(58)62-2)17-11-12-29-20-25-36-35(28-29)50(48(60)51-36)39(44(56)53-49-52-37-18-9-10-19-38(37)65-49)41-47(59)64-42(31-15-7-4-8-16-31)40(30-13-5-3-6-14-30)54(41)43(50)32-21-23-33(24-22-32)63-27-26-55/h3-10,13-16,18-25,28,34,39-43,55H,17,26-27H2,1-2H3,(H,51,60)(H,52,53,56). The molecule has 15 heteroatoms. The van der Waals surface area contributed by atoms with Crippen molar-refractivity contribution in [3.8, 4) is 17.6 Å². The molecule has 6 aromatic rings. The van der Waals surface area contributed by atoms with E-state index in [9.17, 15) is 14.7 Å². The quantitative estimate of drug-likeness (QED) is 0.0574. The zero-order valence-corrected chi connectivity index (χ0v) is 36.0. The number of methoxy groups -OCH3 is 2. The van der Waals surface area contributed by atoms with Crippen molar-refractivity contribution < 1.29 is 48.0 Å². The number of aliphatic hydroxyl groups excluding tert-OH is 1. The van der Waals surface area contributed by atoms with Crippen molar-refractivity contribution in [2.75, 3.05) is 38.1 Å². The Kier molecular flexibility index (Phi) is 11.9. The van der Waals surface area contributed by atoms with Crippen molar-refractivity contribution in [1.82, 2.24) is 9.88 Å². The Morgan fingerprint density at radius 3 is 2.22 bits per heavy atom. The van der Waals surface area contributed by atoms with Gasteiger partial charge in [-0.25, -0.2) is 4.98 Å². The molecule has 3 aliphatic rings. The van der Waals surface area contributed by atoms with Gasteiger partial charge in [0.15, 0.2) is 11.0 Å². The van der Waals surface area contributed by atoms with Crippen LogP contribution in [0.25, 0.3) is 10.2 Å². The molecule has 0 bridgehead atoms. The fourth-order valence-electron chi connectivity index (χ4n) is 9.49. The molecule has 0 radical (unpaired) electrons. The highest BCUT2D eigenvalue weighted by molar-refractivity contribution is 7.22. The number of morpholine rings is 1. The minimum Gasteiger partial charge on any atom is -0.491 e. The molecule has 1 aromatic heterocycles. The highest BCUT2D eigenvalue weighted by atomic mass is 32.1. The molecule has 2 fully saturated rings. The molecule has 0 saturated carbocycles. The smallest absolute Gasteiger partial charge is 0.324 e. The zero-order chi connectivity index (χ0) is 45.2. The summed E-state index contributed by atoms with van der Waals surface area (Å²) in [7, 11) is 2.33. The number of thiazole rings is 1. The zero-order valence-electron chi connectivity index (χ0n) is 35.1. The van der Waals surface area contributed by atoms with E-state index in [0.717, 1.165) is 10.3 Å². The molecule has 1 spiro atoms. The molecule has 9 rings (SSSR count). The van der Waals surface area contributed by atoms with E-state index in [1.807, 2.05) is 89.8 Å². The van der Waals surface area contributed by atoms with E-state index in [-0.39, 0.29) is 24.8 Å². The first-order valence-electron chi connectivity index (χ1n) is 20.9. The van der Waals surface area contributed by atoms with Crippen LogP contribution in [0.1, 0.15) is 52.4 Å². The second-order valence-corrected chi connectivity index (χ2v) is 16.7. The van der Waals surface area contributed by atoms with Crippen LogP contribution in [0.3, 0.4) is 0 Å². The second kappa shape index (κ2) is 18.0. The first-order valence-corrected chi connectivity index (χ1v) is 21.7. The number of hydrogen-bond donors (Lipinski definition) is 3. The van der Waals surface area contributed by atoms with Crippen LogP contribution in [0.4, 0.5) is 10.8 Å². The summed E-state index contributed by atoms with van der Waals surface area (Å²) in [6.07, 6.45) is -1.10. The van der Waals surface area contributed by atoms with Crippen LogP contribution in [-0.4, -0.2) is 78.2 Å². The number of anilines is 2. The summed E-state index contributed by atoms with van der Waals surface area (Å²) in [5.41, 5.74) is 2.09. The third kappa shape index (κ3) is 7.65. The van der Waals surface area contributed by atoms with Gasteiger partial charge < -0.3 is 34.7 Å². The Labute approximate surface area is 377 Å². The second-order valence-electron chi connectivity index (χ2n) is 15.7. The Morgan fingerprint density at radius 1 is 0.862 bits per heavy atom. The lowest BCUT2D eigenvalue weighted by Gasteiger charge is -2.46. The van der Waals surface area contributed by atoms with Crippen LogP contribution < -0.4 is 15.4 Å². The maximum atomic E-state index is 15.6. The summed E-state index contributed by atoms with van der Waals surface area (Å²) in [6.45, 7) is -0.153. The molecule has 4 heterocycles. The molecule has 3 aliphatic heterocycles. The predicted octanol–water partition coefficient (Wildman–Crippen LogP) is 6.28. The van der Waals surface area contributed by atoms with E-state index in [2.05, 4.69) is 22.5 Å². The summed E-state index contributed by atoms with van der Waals surface area (Å²) in [4.78, 5) is 77.9. The molecule has 6 unspecified atom stereocenters. The Hall–Kier alpha value is -7.38. The molecule has 5 aromatic carbocycles. The van der Waals surface area contributed by atoms with Gasteiger partial charge in [-0.1, -0.05) is 108 Å². The van der Waals surface area contributed by atoms with E-state index >= 15 is 14.4 Å². The number of aliphatic hydroxyl groups is 1. The number of benzene rings is 5. The maximum absolute atomic E-state index is 15.6. The van der Waals surface area contributed by atoms with Gasteiger partial charge in [0.25, 0.3) is 0 Å². The molecule has 65 heavy (non-hydrogen) atoms. The lowest BCUT2D eigenvalue weighted by Crippen LogP contribution is -2.53. The van der Waals surface area contributed by atoms with Crippen LogP contribution in [-0.2, 0) is 43.6 Å². The number of para-hydroxylation sites is 1. The summed E-state index contributed by atoms with van der Waals surface area (Å²) in [6, 6.07) is 35.4. The summed E-state index contributed by atoms with van der Waals surface area (Å²) in [5.74, 6) is 0.206. The first-order chi connectivity index (χ1) is 31.7. The van der Waals surface area contributed by atoms with E-state index in [1.165, 1.54) is 25.6 Å². The highest BCUT2D eigenvalue weighted by Crippen LogP contribution is 2.65. The number of amides is 2. The topological polar surface area (TPSA) is 183 Å². The molecular weight excluding hydrogens is 849 g/mol. The normalized spacial score (nSPS) is 22.0. The number of fused-ring (bicyclic) bond motifs is 4. The Morgan fingerprint density at radius 2 is 1.54 bits per heavy atom. The Bertz CT molecular complexity index is 2810. The number of cyclic esters (lactones) is 1. The first kappa shape index (κ1) is 42.9. The average Bonchev–Trinajstić information content (AvgIpc) is 3.99. The lowest BCUT2D eigenvalue weighted by molar-refractivity contribution is -0.178. The third-order valence-electron chi connectivity index (χ3n) is 12.2. The monoisotopic (exact) mass is 890 g/mol. The van der Waals surface area contributed by atoms with Crippen molar-refractivity contribution in [2.45, 2.75) is 36.1 Å². The van der Waals surface area contributed by atoms with Gasteiger partial charge in [0, 0.05) is 17.7 Å². The van der Waals surface area contributed by atoms with Crippen LogP contribution in [0.2, 0.25) is 0 Å². The fraction of sp³-hybridized carbons (Fsp3) is 0.240. The van der Waals surface area contributed by atoms with Crippen molar-refractivity contribution in [3.63, 3.8) is 0 Å². The minimum absolute atomic E-state index is 0.0508. The fourth-order valence-corrected chi connectivity index (χ4v) is 10.4. The molecule has 6 atom stereocenters. The number of rotatable bonds is 11. The Balaban J connectivity index is 1.28. The van der Waals surface area contributed by atoms with E-state index in [0.29, 0.717) is 39.2 Å². The lowest BCUT2D eigenvalue weighted by atomic mass is 9.65. The number of hydrogen-bond acceptors (Lipinski definition) is 13. The minimum atomic E-state index is -1.84. The molecule has 0 aliphatic carbocycles. The van der Waals surface area contributed by atoms with E-state index < -0.39 is 71.2 Å². The number of ether oxygens (including phenoxy) is 4. The molecule has 328 valence electrons. The SMILES string of the molecule is COC(=O)C(CC#Cc1ccc2c(c1)C1(C(=O)N2)C(C(=O)Nc2nc3ccccc3s2)C2C(=O)OC(c3ccccc3)C(c3ccccc3)N2C1c1ccc(OCCO)cc1)C(=O)OC. The van der Waals surface area contributed by atoms with Gasteiger partial charge in [0.2, 0.25) is 11.8 Å². The van der Waals surface area contributed by atoms with Crippen molar-refractivity contribution in [1.29, 1.82) is 0 Å². The van der Waals surface area contributed by atoms with Gasteiger partial charge in [-0.15, -0.1) is 0 Å². The van der Waals surface area contributed by atoms with E-state index in [4.69, 9.17) is 23.9 Å². The average molecular weight is 891 g/mol. The van der Waals surface area contributed by atoms with Gasteiger partial charge in [0.05, 0.1) is 49.0 Å². The van der Waals surface area contributed by atoms with Crippen LogP contribution in [0, 0.1) is 23.7 Å². The number of carbonyl (C=O) groups is 5. The van der Waals surface area contributed by atoms with Crippen LogP contribution in [0.15, 0.2) is 127 Å². The van der Waals surface area contributed by atoms with E-state index in [1.54, 1.807) is 42.5 Å². The predicted molar refractivity (Wildman–Crippen MR) is 239 cm³/mol. The molecule has 14 nitrogen and oxygen atoms in total. The van der Waals surface area contributed by atoms with Crippen LogP contribution in [0.5, 0.6) is 5.75 Å². The number of nitrogens with zero attached hydrogens (tertiary/aromatic N) is 2. The number of aromatic nitrogens is 1. The molecule has 2 amide bonds. The van der Waals surface area contributed by atoms with Crippen molar-refractivity contribution in [2.24, 2.45) is 11.8 Å².